The summed E-state index contributed by atoms with van der Waals surface area (Å²) in [7, 11) is 1.29. The van der Waals surface area contributed by atoms with E-state index in [1.165, 1.54) is 30.4 Å². The number of hydrogen-bond acceptors (Lipinski definition) is 6. The number of hydrogen-bond donors (Lipinski definition) is 0. The van der Waals surface area contributed by atoms with E-state index in [4.69, 9.17) is 25.5 Å². The summed E-state index contributed by atoms with van der Waals surface area (Å²) < 4.78 is 28.4. The van der Waals surface area contributed by atoms with Gasteiger partial charge in [0.15, 0.2) is 12.3 Å². The molecule has 1 amide bonds. The van der Waals surface area contributed by atoms with Crippen LogP contribution in [0, 0.1) is 5.82 Å². The Morgan fingerprint density at radius 2 is 2.27 bits per heavy atom. The van der Waals surface area contributed by atoms with E-state index in [0.717, 1.165) is 6.07 Å². The van der Waals surface area contributed by atoms with Gasteiger partial charge in [-0.25, -0.2) is 14.2 Å². The minimum atomic E-state index is -0.609. The summed E-state index contributed by atoms with van der Waals surface area (Å²) in [5, 5.41) is 0.117. The normalized spacial score (nSPS) is 16.6. The summed E-state index contributed by atoms with van der Waals surface area (Å²) in [6.07, 6.45) is 2.47. The number of aromatic nitrogens is 1. The van der Waals surface area contributed by atoms with Gasteiger partial charge in [-0.1, -0.05) is 11.6 Å². The summed E-state index contributed by atoms with van der Waals surface area (Å²) in [6.45, 7) is 0.363. The summed E-state index contributed by atoms with van der Waals surface area (Å²) >= 11 is 5.88. The first-order chi connectivity index (χ1) is 12.5. The molecule has 138 valence electrons. The lowest BCUT2D eigenvalue weighted by molar-refractivity contribution is -0.145. The van der Waals surface area contributed by atoms with Crippen LogP contribution in [0.25, 0.3) is 0 Å². The molecule has 2 aromatic rings. The molecule has 0 N–H and O–H groups in total. The Morgan fingerprint density at radius 3 is 3.00 bits per heavy atom. The van der Waals surface area contributed by atoms with Gasteiger partial charge in [0.2, 0.25) is 5.89 Å². The maximum atomic E-state index is 13.0. The highest BCUT2D eigenvalue weighted by Gasteiger charge is 2.36. The molecule has 9 heteroatoms. The zero-order valence-electron chi connectivity index (χ0n) is 13.9. The van der Waals surface area contributed by atoms with Gasteiger partial charge in [-0.15, -0.1) is 0 Å². The highest BCUT2D eigenvalue weighted by Crippen LogP contribution is 2.26. The van der Waals surface area contributed by atoms with Gasteiger partial charge in [0, 0.05) is 6.54 Å². The van der Waals surface area contributed by atoms with E-state index in [1.807, 2.05) is 0 Å². The number of nitrogens with zero attached hydrogens (tertiary/aromatic N) is 2. The van der Waals surface area contributed by atoms with Gasteiger partial charge in [0.1, 0.15) is 23.9 Å². The van der Waals surface area contributed by atoms with Crippen LogP contribution >= 0.6 is 11.6 Å². The molecule has 0 spiro atoms. The number of carbonyl (C=O) groups excluding carboxylic acids is 2. The van der Waals surface area contributed by atoms with Gasteiger partial charge in [0.25, 0.3) is 5.91 Å². The van der Waals surface area contributed by atoms with E-state index in [-0.39, 0.29) is 29.0 Å². The van der Waals surface area contributed by atoms with Crippen molar-refractivity contribution in [2.45, 2.75) is 25.5 Å². The maximum Gasteiger partial charge on any atom is 0.328 e. The molecule has 26 heavy (non-hydrogen) atoms. The zero-order chi connectivity index (χ0) is 18.7. The van der Waals surface area contributed by atoms with E-state index < -0.39 is 23.7 Å². The van der Waals surface area contributed by atoms with Crippen LogP contribution in [-0.4, -0.2) is 41.5 Å². The minimum Gasteiger partial charge on any atom is -0.482 e. The monoisotopic (exact) mass is 382 g/mol. The van der Waals surface area contributed by atoms with Crippen molar-refractivity contribution < 1.29 is 27.9 Å². The number of methoxy groups -OCH3 is 1. The Morgan fingerprint density at radius 1 is 1.46 bits per heavy atom. The Bertz CT molecular complexity index is 825. The molecular weight excluding hydrogens is 367 g/mol. The number of carbonyl (C=O) groups is 2. The summed E-state index contributed by atoms with van der Waals surface area (Å²) in [4.78, 5) is 29.8. The van der Waals surface area contributed by atoms with Crippen molar-refractivity contribution >= 4 is 23.5 Å². The van der Waals surface area contributed by atoms with Crippen molar-refractivity contribution in [3.63, 3.8) is 0 Å². The van der Waals surface area contributed by atoms with Gasteiger partial charge < -0.3 is 18.8 Å². The number of benzene rings is 1. The Hall–Kier alpha value is -2.61. The molecule has 0 radical (unpaired) electrons. The molecule has 0 aliphatic carbocycles. The molecule has 0 unspecified atom stereocenters. The van der Waals surface area contributed by atoms with Gasteiger partial charge >= 0.3 is 5.97 Å². The van der Waals surface area contributed by atoms with E-state index in [2.05, 4.69) is 4.98 Å². The second-order valence-electron chi connectivity index (χ2n) is 5.67. The first kappa shape index (κ1) is 18.2. The third-order valence-corrected chi connectivity index (χ3v) is 4.30. The quantitative estimate of drug-likeness (QED) is 0.739. The second kappa shape index (κ2) is 7.74. The average Bonchev–Trinajstić information content (AvgIpc) is 3.29. The summed E-state index contributed by atoms with van der Waals surface area (Å²) in [5.74, 6) is -0.911. The van der Waals surface area contributed by atoms with Crippen LogP contribution in [0.1, 0.15) is 29.2 Å². The van der Waals surface area contributed by atoms with E-state index >= 15 is 0 Å². The fourth-order valence-electron chi connectivity index (χ4n) is 2.75. The lowest BCUT2D eigenvalue weighted by Crippen LogP contribution is -2.41. The molecule has 0 saturated carbocycles. The van der Waals surface area contributed by atoms with Gasteiger partial charge in [-0.3, -0.25) is 4.79 Å². The highest BCUT2D eigenvalue weighted by atomic mass is 35.5. The minimum absolute atomic E-state index is 0.0737. The summed E-state index contributed by atoms with van der Waals surface area (Å²) in [5.41, 5.74) is 0.0737. The number of rotatable bonds is 5. The zero-order valence-corrected chi connectivity index (χ0v) is 14.7. The number of amides is 1. The largest absolute Gasteiger partial charge is 0.482 e. The first-order valence-electron chi connectivity index (χ1n) is 7.90. The topological polar surface area (TPSA) is 81.9 Å². The molecule has 1 aromatic carbocycles. The Kier molecular flexibility index (Phi) is 5.41. The van der Waals surface area contributed by atoms with Crippen molar-refractivity contribution in [1.29, 1.82) is 0 Å². The van der Waals surface area contributed by atoms with E-state index in [1.54, 1.807) is 0 Å². The molecule has 7 nitrogen and oxygen atoms in total. The molecule has 2 heterocycles. The highest BCUT2D eigenvalue weighted by molar-refractivity contribution is 6.32. The predicted octanol–water partition coefficient (Wildman–Crippen LogP) is 2.82. The van der Waals surface area contributed by atoms with Crippen LogP contribution in [0.5, 0.6) is 5.75 Å². The lowest BCUT2D eigenvalue weighted by Gasteiger charge is -2.21. The van der Waals surface area contributed by atoms with Crippen LogP contribution < -0.4 is 4.74 Å². The molecule has 0 bridgehead atoms. The fourth-order valence-corrected chi connectivity index (χ4v) is 2.97. The first-order valence-corrected chi connectivity index (χ1v) is 8.28. The Labute approximate surface area is 153 Å². The molecule has 1 fully saturated rings. The Balaban J connectivity index is 1.65. The second-order valence-corrected chi connectivity index (χ2v) is 6.08. The van der Waals surface area contributed by atoms with Crippen LogP contribution in [0.15, 0.2) is 28.9 Å². The standard InChI is InChI=1S/C17H16ClFN2O5/c1-24-17(23)13-3-2-6-21(13)16(22)12-8-26-15(20-12)9-25-14-5-4-10(19)7-11(14)18/h4-5,7-8,13H,2-3,6,9H2,1H3/t13-/m0/s1. The number of likely N-dealkylation sites (tertiary alicyclic amines) is 1. The summed E-state index contributed by atoms with van der Waals surface area (Å²) in [6, 6.07) is 3.12. The van der Waals surface area contributed by atoms with Crippen LogP contribution in [0.4, 0.5) is 4.39 Å². The van der Waals surface area contributed by atoms with Crippen molar-refractivity contribution in [2.75, 3.05) is 13.7 Å². The van der Waals surface area contributed by atoms with Crippen LogP contribution in [0.2, 0.25) is 5.02 Å². The van der Waals surface area contributed by atoms with Crippen LogP contribution in [0.3, 0.4) is 0 Å². The molecule has 1 atom stereocenters. The number of esters is 1. The van der Waals surface area contributed by atoms with Crippen molar-refractivity contribution in [3.05, 3.63) is 46.9 Å². The number of ether oxygens (including phenoxy) is 2. The lowest BCUT2D eigenvalue weighted by atomic mass is 10.2. The third-order valence-electron chi connectivity index (χ3n) is 4.00. The SMILES string of the molecule is COC(=O)[C@@H]1CCCN1C(=O)c1coc(COc2ccc(F)cc2Cl)n1. The predicted molar refractivity (Wildman–Crippen MR) is 88.3 cm³/mol. The van der Waals surface area contributed by atoms with Gasteiger partial charge in [-0.2, -0.15) is 0 Å². The smallest absolute Gasteiger partial charge is 0.328 e. The number of halogens is 2. The molecule has 1 aliphatic rings. The van der Waals surface area contributed by atoms with Crippen molar-refractivity contribution in [2.24, 2.45) is 0 Å². The van der Waals surface area contributed by atoms with Crippen LogP contribution in [-0.2, 0) is 16.1 Å². The number of oxazole rings is 1. The third kappa shape index (κ3) is 3.80. The van der Waals surface area contributed by atoms with Gasteiger partial charge in [-0.05, 0) is 31.0 Å². The average molecular weight is 383 g/mol. The van der Waals surface area contributed by atoms with E-state index in [9.17, 15) is 14.0 Å². The van der Waals surface area contributed by atoms with Gasteiger partial charge in [0.05, 0.1) is 12.1 Å². The molecule has 1 aromatic heterocycles. The van der Waals surface area contributed by atoms with Crippen molar-refractivity contribution in [1.82, 2.24) is 9.88 Å². The maximum absolute atomic E-state index is 13.0. The molecule has 1 aliphatic heterocycles. The molecular formula is C17H16ClFN2O5. The molecule has 1 saturated heterocycles. The molecule has 3 rings (SSSR count). The fraction of sp³-hybridized carbons (Fsp3) is 0.353. The van der Waals surface area contributed by atoms with E-state index in [0.29, 0.717) is 19.4 Å². The van der Waals surface area contributed by atoms with Crippen molar-refractivity contribution in [3.8, 4) is 5.75 Å².